The monoisotopic (exact) mass is 699 g/mol. The maximum atomic E-state index is 14.5. The molecule has 0 radical (unpaired) electrons. The van der Waals surface area contributed by atoms with Gasteiger partial charge >= 0.3 is 0 Å². The van der Waals surface area contributed by atoms with Crippen molar-refractivity contribution in [1.29, 1.82) is 0 Å². The van der Waals surface area contributed by atoms with Crippen molar-refractivity contribution >= 4 is 17.5 Å². The SMILES string of the molecule is CN=C(N)NCC1C(C)CC2C(=O)C3C(CO)C(OC)CC(OC4OC(CO)C(O)(CCC5CCNC(N)C5)C(O)C4O)C3C(=O)C2C1O. The number of nitrogens with two attached hydrogens (primary N) is 2. The van der Waals surface area contributed by atoms with Gasteiger partial charge in [0, 0.05) is 57.4 Å². The lowest BCUT2D eigenvalue weighted by Gasteiger charge is -2.55. The van der Waals surface area contributed by atoms with Crippen LogP contribution >= 0.6 is 0 Å². The molecule has 2 heterocycles. The summed E-state index contributed by atoms with van der Waals surface area (Å²) in [6, 6.07) is 0. The van der Waals surface area contributed by atoms with Gasteiger partial charge in [-0.15, -0.1) is 0 Å². The Bertz CT molecular complexity index is 1190. The molecule has 280 valence electrons. The number of aliphatic hydroxyl groups excluding tert-OH is 5. The highest BCUT2D eigenvalue weighted by molar-refractivity contribution is 6.01. The number of piperidine rings is 1. The molecule has 16 nitrogen and oxygen atoms in total. The second kappa shape index (κ2) is 15.8. The number of hydrogen-bond acceptors (Lipinski definition) is 14. The molecule has 0 aromatic carbocycles. The fourth-order valence-corrected chi connectivity index (χ4v) is 9.51. The molecule has 0 amide bonds. The average molecular weight is 700 g/mol. The van der Waals surface area contributed by atoms with Gasteiger partial charge in [0.15, 0.2) is 12.2 Å². The van der Waals surface area contributed by atoms with E-state index in [2.05, 4.69) is 15.6 Å². The second-order valence-electron chi connectivity index (χ2n) is 15.0. The van der Waals surface area contributed by atoms with E-state index in [0.717, 1.165) is 6.42 Å². The molecule has 49 heavy (non-hydrogen) atoms. The molecule has 5 aliphatic rings. The number of carbonyl (C=O) groups is 2. The van der Waals surface area contributed by atoms with Crippen molar-refractivity contribution in [3.63, 3.8) is 0 Å². The van der Waals surface area contributed by atoms with E-state index in [0.29, 0.717) is 25.8 Å². The van der Waals surface area contributed by atoms with Gasteiger partial charge in [-0.25, -0.2) is 0 Å². The van der Waals surface area contributed by atoms with Crippen molar-refractivity contribution in [3.8, 4) is 0 Å². The summed E-state index contributed by atoms with van der Waals surface area (Å²) >= 11 is 0. The third-order valence-electron chi connectivity index (χ3n) is 12.4. The molecular formula is C33H57N5O11. The van der Waals surface area contributed by atoms with E-state index >= 15 is 0 Å². The second-order valence-corrected chi connectivity index (χ2v) is 15.0. The fourth-order valence-electron chi connectivity index (χ4n) is 9.51. The van der Waals surface area contributed by atoms with Crippen LogP contribution in [0.5, 0.6) is 0 Å². The number of Topliss-reactive ketones (excluding diaryl/α,β-unsaturated/α-hetero) is 2. The quantitative estimate of drug-likeness (QED) is 0.0795. The minimum atomic E-state index is -2.00. The van der Waals surface area contributed by atoms with Crippen molar-refractivity contribution in [3.05, 3.63) is 0 Å². The summed E-state index contributed by atoms with van der Waals surface area (Å²) < 4.78 is 17.9. The zero-order valence-corrected chi connectivity index (χ0v) is 28.6. The van der Waals surface area contributed by atoms with E-state index in [1.54, 1.807) is 0 Å². The minimum Gasteiger partial charge on any atom is -0.396 e. The highest BCUT2D eigenvalue weighted by atomic mass is 16.7. The van der Waals surface area contributed by atoms with Crippen LogP contribution in [0, 0.1) is 47.3 Å². The highest BCUT2D eigenvalue weighted by Gasteiger charge is 2.63. The predicted octanol–water partition coefficient (Wildman–Crippen LogP) is -3.20. The third-order valence-corrected chi connectivity index (χ3v) is 12.4. The molecule has 0 aromatic heterocycles. The Labute approximate surface area is 286 Å². The van der Waals surface area contributed by atoms with E-state index in [-0.39, 0.29) is 49.1 Å². The molecule has 2 saturated heterocycles. The number of ketones is 2. The van der Waals surface area contributed by atoms with E-state index < -0.39 is 103 Å². The molecular weight excluding hydrogens is 642 g/mol. The van der Waals surface area contributed by atoms with E-state index in [9.17, 15) is 40.2 Å². The number of ether oxygens (including phenoxy) is 3. The molecule has 16 heteroatoms. The standard InChI is InChI=1S/C33H57N5O11/c1-14-8-16-24(27(42)17(14)11-38-32(35)36-2)28(43)25-20(10-19(47-3)18(12-39)23(25)26(16)41)48-31-29(44)30(45)33(46,21(13-40)49-31)6-4-15-5-7-37-22(34)9-15/h14-25,27,29-31,37,39-40,42,44-46H,4-13,34H2,1-3H3,(H3,35,36,38). The van der Waals surface area contributed by atoms with Crippen molar-refractivity contribution in [2.45, 2.75) is 100 Å². The number of rotatable bonds is 10. The zero-order chi connectivity index (χ0) is 35.8. The lowest BCUT2D eigenvalue weighted by Crippen LogP contribution is -2.69. The van der Waals surface area contributed by atoms with Crippen molar-refractivity contribution in [2.75, 3.05) is 40.5 Å². The van der Waals surface area contributed by atoms with Crippen LogP contribution in [0.3, 0.4) is 0 Å². The van der Waals surface area contributed by atoms with Crippen LogP contribution in [0.1, 0.15) is 45.4 Å². The van der Waals surface area contributed by atoms with Crippen LogP contribution < -0.4 is 22.1 Å². The van der Waals surface area contributed by atoms with Crippen LogP contribution in [-0.2, 0) is 23.8 Å². The van der Waals surface area contributed by atoms with Crippen LogP contribution in [0.15, 0.2) is 4.99 Å². The summed E-state index contributed by atoms with van der Waals surface area (Å²) in [5.41, 5.74) is 9.85. The maximum Gasteiger partial charge on any atom is 0.188 e. The van der Waals surface area contributed by atoms with Gasteiger partial charge in [-0.05, 0) is 50.5 Å². The number of hydrogen-bond donors (Lipinski definition) is 10. The van der Waals surface area contributed by atoms with Crippen LogP contribution in [-0.4, -0.2) is 143 Å². The lowest BCUT2D eigenvalue weighted by atomic mass is 9.51. The molecule has 17 unspecified atom stereocenters. The summed E-state index contributed by atoms with van der Waals surface area (Å²) in [5, 5.41) is 72.7. The first-order valence-electron chi connectivity index (χ1n) is 17.7. The number of carbonyl (C=O) groups excluding carboxylic acids is 2. The number of nitrogens with zero attached hydrogens (tertiary/aromatic N) is 1. The number of nitrogens with one attached hydrogen (secondary N) is 2. The molecule has 5 rings (SSSR count). The Morgan fingerprint density at radius 3 is 2.41 bits per heavy atom. The number of guanidine groups is 1. The first-order valence-corrected chi connectivity index (χ1v) is 17.7. The van der Waals surface area contributed by atoms with Crippen molar-refractivity contribution in [2.24, 2.45) is 63.8 Å². The fraction of sp³-hybridized carbons (Fsp3) is 0.909. The normalized spacial score (nSPS) is 47.8. The molecule has 0 spiro atoms. The van der Waals surface area contributed by atoms with Gasteiger partial charge in [0.25, 0.3) is 0 Å². The number of fused-ring (bicyclic) bond motifs is 2. The average Bonchev–Trinajstić information content (AvgIpc) is 3.08. The molecule has 12 N–H and O–H groups in total. The number of methoxy groups -OCH3 is 1. The summed E-state index contributed by atoms with van der Waals surface area (Å²) in [7, 11) is 2.96. The Morgan fingerprint density at radius 1 is 1.04 bits per heavy atom. The van der Waals surface area contributed by atoms with Gasteiger partial charge in [-0.3, -0.25) is 14.6 Å². The lowest BCUT2D eigenvalue weighted by molar-refractivity contribution is -0.347. The molecule has 0 aromatic rings. The van der Waals surface area contributed by atoms with E-state index in [1.807, 2.05) is 6.92 Å². The summed E-state index contributed by atoms with van der Waals surface area (Å²) in [6.45, 7) is 1.75. The van der Waals surface area contributed by atoms with Gasteiger partial charge < -0.3 is 67.0 Å². The smallest absolute Gasteiger partial charge is 0.188 e. The van der Waals surface area contributed by atoms with E-state index in [4.69, 9.17) is 25.7 Å². The Balaban J connectivity index is 1.38. The van der Waals surface area contributed by atoms with Gasteiger partial charge in [0.2, 0.25) is 0 Å². The summed E-state index contributed by atoms with van der Waals surface area (Å²) in [4.78, 5) is 32.7. The third kappa shape index (κ3) is 7.29. The number of aliphatic hydroxyl groups is 6. The van der Waals surface area contributed by atoms with Gasteiger partial charge in [-0.1, -0.05) is 6.92 Å². The van der Waals surface area contributed by atoms with Crippen LogP contribution in [0.25, 0.3) is 0 Å². The first kappa shape index (κ1) is 38.4. The van der Waals surface area contributed by atoms with Gasteiger partial charge in [0.1, 0.15) is 35.5 Å². The Morgan fingerprint density at radius 2 is 1.78 bits per heavy atom. The van der Waals surface area contributed by atoms with Gasteiger partial charge in [0.05, 0.1) is 42.9 Å². The largest absolute Gasteiger partial charge is 0.396 e. The topological polar surface area (TPSA) is 272 Å². The van der Waals surface area contributed by atoms with Crippen LogP contribution in [0.2, 0.25) is 0 Å². The maximum absolute atomic E-state index is 14.5. The molecule has 3 saturated carbocycles. The minimum absolute atomic E-state index is 0.0246. The van der Waals surface area contributed by atoms with E-state index in [1.165, 1.54) is 14.2 Å². The molecule has 2 aliphatic heterocycles. The Hall–Kier alpha value is -1.83. The molecule has 3 aliphatic carbocycles. The van der Waals surface area contributed by atoms with Gasteiger partial charge in [-0.2, -0.15) is 0 Å². The first-order chi connectivity index (χ1) is 23.3. The number of aliphatic imine (C=N–C) groups is 1. The Kier molecular flexibility index (Phi) is 12.4. The van der Waals surface area contributed by atoms with Crippen molar-refractivity contribution in [1.82, 2.24) is 10.6 Å². The summed E-state index contributed by atoms with van der Waals surface area (Å²) in [5.74, 6) is -5.53. The van der Waals surface area contributed by atoms with Crippen molar-refractivity contribution < 1.29 is 54.4 Å². The zero-order valence-electron chi connectivity index (χ0n) is 28.6. The highest BCUT2D eigenvalue weighted by Crippen LogP contribution is 2.52. The summed E-state index contributed by atoms with van der Waals surface area (Å²) in [6.07, 6.45) is -7.25. The molecule has 0 bridgehead atoms. The predicted molar refractivity (Wildman–Crippen MR) is 174 cm³/mol. The molecule has 5 fully saturated rings. The van der Waals surface area contributed by atoms with Crippen LogP contribution in [0.4, 0.5) is 0 Å². The molecule has 17 atom stereocenters.